The number of carbonyl (C=O) groups excluding carboxylic acids is 4. The summed E-state index contributed by atoms with van der Waals surface area (Å²) < 4.78 is 11.5. The predicted octanol–water partition coefficient (Wildman–Crippen LogP) is 2.68. The smallest absolute Gasteiger partial charge is 0.255 e. The fourth-order valence-electron chi connectivity index (χ4n) is 6.26. The summed E-state index contributed by atoms with van der Waals surface area (Å²) in [5.41, 5.74) is 1.38. The summed E-state index contributed by atoms with van der Waals surface area (Å²) in [4.78, 5) is 56.3. The average molecular weight is 634 g/mol. The van der Waals surface area contributed by atoms with E-state index in [-0.39, 0.29) is 55.3 Å². The summed E-state index contributed by atoms with van der Waals surface area (Å²) in [5, 5.41) is 11.9. The van der Waals surface area contributed by atoms with Gasteiger partial charge in [-0.25, -0.2) is 0 Å². The van der Waals surface area contributed by atoms with Gasteiger partial charge >= 0.3 is 0 Å². The van der Waals surface area contributed by atoms with Crippen molar-refractivity contribution < 1.29 is 28.7 Å². The Morgan fingerprint density at radius 3 is 2.39 bits per heavy atom. The van der Waals surface area contributed by atoms with E-state index < -0.39 is 23.4 Å². The lowest BCUT2D eigenvalue weighted by Gasteiger charge is -2.32. The molecule has 2 aromatic carbocycles. The lowest BCUT2D eigenvalue weighted by atomic mass is 9.94. The number of nitrogens with one attached hydrogen (secondary N) is 4. The third-order valence-corrected chi connectivity index (χ3v) is 9.22. The highest BCUT2D eigenvalue weighted by Crippen LogP contribution is 2.31. The lowest BCUT2D eigenvalue weighted by molar-refractivity contribution is -0.134. The maximum Gasteiger partial charge on any atom is 0.255 e. The number of rotatable bonds is 6. The lowest BCUT2D eigenvalue weighted by Crippen LogP contribution is -2.60. The van der Waals surface area contributed by atoms with E-state index >= 15 is 0 Å². The van der Waals surface area contributed by atoms with Crippen LogP contribution in [0.2, 0.25) is 0 Å². The number of amides is 4. The molecule has 1 spiro atoms. The second kappa shape index (κ2) is 15.6. The molecule has 248 valence electrons. The van der Waals surface area contributed by atoms with Crippen LogP contribution in [0.3, 0.4) is 0 Å². The molecule has 1 saturated carbocycles. The zero-order valence-corrected chi connectivity index (χ0v) is 26.9. The van der Waals surface area contributed by atoms with E-state index in [1.54, 1.807) is 24.3 Å². The van der Waals surface area contributed by atoms with Crippen LogP contribution in [-0.4, -0.2) is 79.1 Å². The van der Waals surface area contributed by atoms with E-state index in [2.05, 4.69) is 38.3 Å². The zero-order chi connectivity index (χ0) is 32.5. The van der Waals surface area contributed by atoms with Gasteiger partial charge in [0.05, 0.1) is 24.8 Å². The number of para-hydroxylation sites is 1. The Hall–Kier alpha value is -3.96. The minimum Gasteiger partial charge on any atom is -0.491 e. The van der Waals surface area contributed by atoms with E-state index in [4.69, 9.17) is 9.47 Å². The highest BCUT2D eigenvalue weighted by Gasteiger charge is 2.43. The molecule has 4 N–H and O–H groups in total. The molecule has 3 aliphatic rings. The standard InChI is InChI=1S/C35H47N5O6/c1-24(2)29-23-46-30-8-4-3-7-27(30)32(42)37-28(13-14-31(41)39-35(34(44)38-29)15-5-6-16-35)33(43)36-21-25-9-11-26(12-10-25)22-40-17-19-45-20-18-40/h3-4,7-12,24,28-29H,5-6,13-23H2,1-2H3,(H,36,43)(H,37,42)(H,38,44)(H,39,41)/t28-,29-/m0/s1. The maximum atomic E-state index is 13.6. The van der Waals surface area contributed by atoms with E-state index in [1.165, 1.54) is 5.56 Å². The van der Waals surface area contributed by atoms with Crippen LogP contribution in [-0.2, 0) is 32.2 Å². The van der Waals surface area contributed by atoms with Crippen LogP contribution >= 0.6 is 0 Å². The van der Waals surface area contributed by atoms with Gasteiger partial charge < -0.3 is 30.7 Å². The van der Waals surface area contributed by atoms with Crippen molar-refractivity contribution in [1.82, 2.24) is 26.2 Å². The quantitative estimate of drug-likeness (QED) is 0.384. The molecule has 2 aliphatic heterocycles. The molecule has 2 aromatic rings. The van der Waals surface area contributed by atoms with Gasteiger partial charge in [-0.1, -0.05) is 63.1 Å². The van der Waals surface area contributed by atoms with Gasteiger partial charge in [-0.05, 0) is 48.4 Å². The van der Waals surface area contributed by atoms with Crippen LogP contribution in [0.25, 0.3) is 0 Å². The van der Waals surface area contributed by atoms with Gasteiger partial charge in [0, 0.05) is 32.6 Å². The molecule has 1 saturated heterocycles. The van der Waals surface area contributed by atoms with E-state index in [9.17, 15) is 19.2 Å². The third-order valence-electron chi connectivity index (χ3n) is 9.22. The summed E-state index contributed by atoms with van der Waals surface area (Å²) in [6.07, 6.45) is 2.79. The fourth-order valence-corrected chi connectivity index (χ4v) is 6.26. The molecule has 0 unspecified atom stereocenters. The van der Waals surface area contributed by atoms with Crippen LogP contribution in [0.5, 0.6) is 5.75 Å². The number of hydrogen-bond acceptors (Lipinski definition) is 7. The van der Waals surface area contributed by atoms with Crippen molar-refractivity contribution in [3.63, 3.8) is 0 Å². The van der Waals surface area contributed by atoms with E-state index in [1.807, 2.05) is 26.0 Å². The zero-order valence-electron chi connectivity index (χ0n) is 26.9. The molecule has 46 heavy (non-hydrogen) atoms. The fraction of sp³-hybridized carbons (Fsp3) is 0.543. The number of morpholine rings is 1. The first-order chi connectivity index (χ1) is 22.2. The first-order valence-corrected chi connectivity index (χ1v) is 16.5. The van der Waals surface area contributed by atoms with Crippen LogP contribution in [0, 0.1) is 5.92 Å². The molecule has 1 aliphatic carbocycles. The van der Waals surface area contributed by atoms with Crippen molar-refractivity contribution in [1.29, 1.82) is 0 Å². The molecular formula is C35H47N5O6. The molecule has 4 amide bonds. The Bertz CT molecular complexity index is 1370. The molecule has 5 rings (SSSR count). The molecule has 0 bridgehead atoms. The number of nitrogens with zero attached hydrogens (tertiary/aromatic N) is 1. The van der Waals surface area contributed by atoms with Crippen LogP contribution in [0.1, 0.15) is 73.9 Å². The van der Waals surface area contributed by atoms with E-state index in [0.717, 1.165) is 51.3 Å². The Labute approximate surface area is 271 Å². The molecule has 0 radical (unpaired) electrons. The van der Waals surface area contributed by atoms with Crippen molar-refractivity contribution in [3.8, 4) is 5.75 Å². The highest BCUT2D eigenvalue weighted by molar-refractivity contribution is 6.00. The maximum absolute atomic E-state index is 13.6. The average Bonchev–Trinajstić information content (AvgIpc) is 3.54. The van der Waals surface area contributed by atoms with Gasteiger partial charge in [-0.15, -0.1) is 0 Å². The minimum atomic E-state index is -1.00. The number of hydrogen-bond donors (Lipinski definition) is 4. The largest absolute Gasteiger partial charge is 0.491 e. The summed E-state index contributed by atoms with van der Waals surface area (Å²) >= 11 is 0. The summed E-state index contributed by atoms with van der Waals surface area (Å²) in [6, 6.07) is 13.6. The van der Waals surface area contributed by atoms with Gasteiger partial charge in [0.2, 0.25) is 17.7 Å². The van der Waals surface area contributed by atoms with Crippen molar-refractivity contribution in [2.24, 2.45) is 5.92 Å². The second-order valence-electron chi connectivity index (χ2n) is 13.0. The van der Waals surface area contributed by atoms with Gasteiger partial charge in [0.1, 0.15) is 23.9 Å². The van der Waals surface area contributed by atoms with Gasteiger partial charge in [0.25, 0.3) is 5.91 Å². The second-order valence-corrected chi connectivity index (χ2v) is 13.0. The number of carbonyl (C=O) groups is 4. The molecule has 0 aromatic heterocycles. The highest BCUT2D eigenvalue weighted by atomic mass is 16.5. The molecule has 2 heterocycles. The molecule has 11 nitrogen and oxygen atoms in total. The van der Waals surface area contributed by atoms with Crippen LogP contribution in [0.15, 0.2) is 48.5 Å². The van der Waals surface area contributed by atoms with Gasteiger partial charge in [-0.2, -0.15) is 0 Å². The minimum absolute atomic E-state index is 0.0324. The third kappa shape index (κ3) is 8.64. The Kier molecular flexibility index (Phi) is 11.3. The Balaban J connectivity index is 1.30. The summed E-state index contributed by atoms with van der Waals surface area (Å²) in [6.45, 7) is 8.56. The predicted molar refractivity (Wildman–Crippen MR) is 173 cm³/mol. The topological polar surface area (TPSA) is 138 Å². The SMILES string of the molecule is CC(C)[C@@H]1COc2ccccc2C(=O)N[C@H](C(=O)NCc2ccc(CN3CCOCC3)cc2)CCC(=O)NC2(CCCC2)C(=O)N1. The first-order valence-electron chi connectivity index (χ1n) is 16.5. The van der Waals surface area contributed by atoms with Crippen LogP contribution < -0.4 is 26.0 Å². The van der Waals surface area contributed by atoms with Gasteiger partial charge in [0.15, 0.2) is 0 Å². The van der Waals surface area contributed by atoms with Crippen molar-refractivity contribution in [2.45, 2.75) is 83.1 Å². The van der Waals surface area contributed by atoms with Crippen molar-refractivity contribution in [3.05, 3.63) is 65.2 Å². The summed E-state index contributed by atoms with van der Waals surface area (Å²) in [5.74, 6) is -1.01. The van der Waals surface area contributed by atoms with Crippen LogP contribution in [0.4, 0.5) is 0 Å². The number of benzene rings is 2. The van der Waals surface area contributed by atoms with Crippen molar-refractivity contribution >= 4 is 23.6 Å². The molecule has 2 atom stereocenters. The first kappa shape index (κ1) is 33.4. The van der Waals surface area contributed by atoms with E-state index in [0.29, 0.717) is 18.6 Å². The number of ether oxygens (including phenoxy) is 2. The molecule has 2 fully saturated rings. The van der Waals surface area contributed by atoms with Crippen molar-refractivity contribution in [2.75, 3.05) is 32.9 Å². The van der Waals surface area contributed by atoms with Gasteiger partial charge in [-0.3, -0.25) is 24.1 Å². The Morgan fingerprint density at radius 2 is 1.67 bits per heavy atom. The monoisotopic (exact) mass is 633 g/mol. The Morgan fingerprint density at radius 1 is 0.978 bits per heavy atom. The normalized spacial score (nSPS) is 22.9. The number of fused-ring (bicyclic) bond motifs is 1. The molecule has 11 heteroatoms. The molecular weight excluding hydrogens is 586 g/mol. The summed E-state index contributed by atoms with van der Waals surface area (Å²) in [7, 11) is 0.